The lowest BCUT2D eigenvalue weighted by molar-refractivity contribution is 0.327. The van der Waals surface area contributed by atoms with Crippen molar-refractivity contribution in [2.75, 3.05) is 4.90 Å². The fourth-order valence-electron chi connectivity index (χ4n) is 12.7. The van der Waals surface area contributed by atoms with Crippen LogP contribution in [0.25, 0.3) is 64.7 Å². The van der Waals surface area contributed by atoms with Crippen molar-refractivity contribution in [3.63, 3.8) is 0 Å². The maximum Gasteiger partial charge on any atom is 0.0640 e. The van der Waals surface area contributed by atoms with E-state index in [0.717, 1.165) is 5.92 Å². The smallest absolute Gasteiger partial charge is 0.0640 e. The summed E-state index contributed by atoms with van der Waals surface area (Å²) in [5.74, 6) is 1.54. The number of hydrogen-bond acceptors (Lipinski definition) is 2. The quantitative estimate of drug-likeness (QED) is 0.168. The molecule has 1 spiro atoms. The number of rotatable bonds is 5. The molecule has 288 valence electrons. The van der Waals surface area contributed by atoms with E-state index in [4.69, 9.17) is 0 Å². The van der Waals surface area contributed by atoms with E-state index in [1.807, 2.05) is 11.3 Å². The van der Waals surface area contributed by atoms with Gasteiger partial charge < -0.3 is 4.90 Å². The van der Waals surface area contributed by atoms with Gasteiger partial charge in [0.25, 0.3) is 0 Å². The van der Waals surface area contributed by atoms with Gasteiger partial charge in [-0.25, -0.2) is 0 Å². The first-order valence-corrected chi connectivity index (χ1v) is 22.7. The van der Waals surface area contributed by atoms with Crippen LogP contribution in [0.2, 0.25) is 0 Å². The Balaban J connectivity index is 0.975. The van der Waals surface area contributed by atoms with Gasteiger partial charge in [-0.1, -0.05) is 160 Å². The van der Waals surface area contributed by atoms with Crippen molar-refractivity contribution in [1.82, 2.24) is 0 Å². The Morgan fingerprint density at radius 1 is 0.500 bits per heavy atom. The van der Waals surface area contributed by atoms with Gasteiger partial charge in [0.15, 0.2) is 0 Å². The molecular weight excluding hydrogens is 743 g/mol. The molecule has 0 saturated heterocycles. The third-order valence-corrected chi connectivity index (χ3v) is 16.4. The van der Waals surface area contributed by atoms with E-state index in [1.165, 1.54) is 119 Å². The minimum Gasteiger partial charge on any atom is -0.309 e. The van der Waals surface area contributed by atoms with Gasteiger partial charge >= 0.3 is 0 Å². The molecule has 60 heavy (non-hydrogen) atoms. The van der Waals surface area contributed by atoms with E-state index in [-0.39, 0.29) is 10.8 Å². The highest BCUT2D eigenvalue weighted by Gasteiger charge is 2.56. The maximum absolute atomic E-state index is 2.60. The van der Waals surface area contributed by atoms with Crippen LogP contribution in [-0.2, 0) is 10.8 Å². The minimum atomic E-state index is -0.0958. The molecule has 3 unspecified atom stereocenters. The van der Waals surface area contributed by atoms with Crippen LogP contribution >= 0.6 is 11.3 Å². The predicted octanol–water partition coefficient (Wildman–Crippen LogP) is 16.3. The Morgan fingerprint density at radius 3 is 1.90 bits per heavy atom. The largest absolute Gasteiger partial charge is 0.309 e. The van der Waals surface area contributed by atoms with Crippen LogP contribution in [0, 0.1) is 11.8 Å². The Morgan fingerprint density at radius 2 is 1.12 bits per heavy atom. The molecule has 3 atom stereocenters. The summed E-state index contributed by atoms with van der Waals surface area (Å²) in [5.41, 5.74) is 20.3. The summed E-state index contributed by atoms with van der Waals surface area (Å²) in [6.45, 7) is 4.78. The molecule has 0 N–H and O–H groups in total. The predicted molar refractivity (Wildman–Crippen MR) is 254 cm³/mol. The summed E-state index contributed by atoms with van der Waals surface area (Å²) in [6.07, 6.45) is 5.37. The molecule has 0 aliphatic heterocycles. The van der Waals surface area contributed by atoms with E-state index >= 15 is 0 Å². The summed E-state index contributed by atoms with van der Waals surface area (Å²) in [5, 5.41) is 2.65. The summed E-state index contributed by atoms with van der Waals surface area (Å²) < 4.78 is 2.66. The highest BCUT2D eigenvalue weighted by Crippen LogP contribution is 2.66. The first-order chi connectivity index (χ1) is 29.5. The van der Waals surface area contributed by atoms with Crippen molar-refractivity contribution < 1.29 is 0 Å². The van der Waals surface area contributed by atoms with Crippen LogP contribution in [0.1, 0.15) is 61.8 Å². The topological polar surface area (TPSA) is 3.24 Å². The van der Waals surface area contributed by atoms with Gasteiger partial charge in [0.1, 0.15) is 0 Å². The van der Waals surface area contributed by atoms with Gasteiger partial charge in [0, 0.05) is 37.7 Å². The minimum absolute atomic E-state index is 0.0958. The Kier molecular flexibility index (Phi) is 7.30. The molecule has 4 aliphatic rings. The third-order valence-electron chi connectivity index (χ3n) is 15.1. The molecule has 1 aromatic heterocycles. The Labute approximate surface area is 356 Å². The molecule has 8 aromatic carbocycles. The lowest BCUT2D eigenvalue weighted by Gasteiger charge is -2.37. The second-order valence-electron chi connectivity index (χ2n) is 18.4. The second-order valence-corrected chi connectivity index (χ2v) is 19.5. The molecule has 0 amide bonds. The monoisotopic (exact) mass is 787 g/mol. The lowest BCUT2D eigenvalue weighted by atomic mass is 9.67. The highest BCUT2D eigenvalue weighted by molar-refractivity contribution is 7.26. The van der Waals surface area contributed by atoms with Crippen molar-refractivity contribution in [1.29, 1.82) is 0 Å². The SMILES string of the molecule is CC1(C)c2ccccc2-c2cccc(-c3ccccc3-c3ccc(N(c4ccc5c(c4)C4(CC6CCC4C6)c4ccccc4-5)c4cccc5c4sc4ccccc45)cc3)c21. The van der Waals surface area contributed by atoms with E-state index < -0.39 is 0 Å². The number of nitrogens with zero attached hydrogens (tertiary/aromatic N) is 1. The van der Waals surface area contributed by atoms with Gasteiger partial charge in [-0.2, -0.15) is 0 Å². The molecule has 1 nitrogen and oxygen atoms in total. The van der Waals surface area contributed by atoms with Gasteiger partial charge in [-0.05, 0) is 134 Å². The first-order valence-electron chi connectivity index (χ1n) is 21.9. The number of thiophene rings is 1. The first kappa shape index (κ1) is 34.6. The Bertz CT molecular complexity index is 3220. The van der Waals surface area contributed by atoms with Gasteiger partial charge in [-0.15, -0.1) is 11.3 Å². The zero-order valence-corrected chi connectivity index (χ0v) is 34.9. The van der Waals surface area contributed by atoms with Gasteiger partial charge in [-0.3, -0.25) is 0 Å². The summed E-state index contributed by atoms with van der Waals surface area (Å²) >= 11 is 1.91. The molecule has 0 radical (unpaired) electrons. The van der Waals surface area contributed by atoms with Crippen LogP contribution < -0.4 is 4.90 Å². The molecular formula is C58H45NS. The van der Waals surface area contributed by atoms with Crippen LogP contribution in [0.4, 0.5) is 17.1 Å². The molecule has 1 heterocycles. The van der Waals surface area contributed by atoms with E-state index in [2.05, 4.69) is 195 Å². The van der Waals surface area contributed by atoms with E-state index in [1.54, 1.807) is 11.1 Å². The lowest BCUT2D eigenvalue weighted by Crippen LogP contribution is -2.32. The summed E-state index contributed by atoms with van der Waals surface area (Å²) in [4.78, 5) is 2.56. The maximum atomic E-state index is 2.60. The van der Waals surface area contributed by atoms with Crippen LogP contribution in [0.15, 0.2) is 176 Å². The van der Waals surface area contributed by atoms with Crippen molar-refractivity contribution in [3.05, 3.63) is 198 Å². The molecule has 9 aromatic rings. The van der Waals surface area contributed by atoms with Crippen LogP contribution in [-0.4, -0.2) is 0 Å². The number of benzene rings is 8. The Hall–Kier alpha value is -6.22. The average Bonchev–Trinajstić information content (AvgIpc) is 4.11. The zero-order chi connectivity index (χ0) is 39.7. The molecule has 2 saturated carbocycles. The average molecular weight is 788 g/mol. The normalized spacial score (nSPS) is 20.1. The highest BCUT2D eigenvalue weighted by atomic mass is 32.1. The third kappa shape index (κ3) is 4.69. The molecule has 13 rings (SSSR count). The fourth-order valence-corrected chi connectivity index (χ4v) is 13.9. The van der Waals surface area contributed by atoms with Gasteiger partial charge in [0.2, 0.25) is 0 Å². The standard InChI is InChI=1S/C58H45NS/c1-57(2)50-21-8-5-16-44(50)48-19-11-18-47(55(48)57)42-14-4-3-13-41(42)37-26-29-39(30-27-37)59(53-23-12-20-49-46-17-7-10-24-54(46)60-56(49)53)40-31-32-45-43-15-6-9-22-51(43)58(52(45)34-40)35-36-25-28-38(58)33-36/h3-24,26-27,29-32,34,36,38H,25,28,33,35H2,1-2H3. The van der Waals surface area contributed by atoms with Crippen molar-refractivity contribution in [2.45, 2.75) is 50.4 Å². The number of hydrogen-bond donors (Lipinski definition) is 0. The van der Waals surface area contributed by atoms with Gasteiger partial charge in [0.05, 0.1) is 10.4 Å². The molecule has 4 aliphatic carbocycles. The summed E-state index contributed by atoms with van der Waals surface area (Å²) in [7, 11) is 0. The molecule has 2 heteroatoms. The van der Waals surface area contributed by atoms with Crippen molar-refractivity contribution in [2.24, 2.45) is 11.8 Å². The summed E-state index contributed by atoms with van der Waals surface area (Å²) in [6, 6.07) is 66.9. The van der Waals surface area contributed by atoms with Crippen molar-refractivity contribution >= 4 is 48.6 Å². The number of anilines is 3. The number of fused-ring (bicyclic) bond motifs is 14. The fraction of sp³-hybridized carbons (Fsp3) is 0.172. The van der Waals surface area contributed by atoms with E-state index in [9.17, 15) is 0 Å². The zero-order valence-electron chi connectivity index (χ0n) is 34.1. The molecule has 2 fully saturated rings. The molecule has 2 bridgehead atoms. The van der Waals surface area contributed by atoms with E-state index in [0.29, 0.717) is 5.92 Å². The second kappa shape index (κ2) is 12.6. The van der Waals surface area contributed by atoms with Crippen LogP contribution in [0.3, 0.4) is 0 Å². The van der Waals surface area contributed by atoms with Crippen LogP contribution in [0.5, 0.6) is 0 Å². The van der Waals surface area contributed by atoms with Crippen molar-refractivity contribution in [3.8, 4) is 44.5 Å².